The Labute approximate surface area is 128 Å². The molecule has 0 bridgehead atoms. The summed E-state index contributed by atoms with van der Waals surface area (Å²) in [5.41, 5.74) is 1.24. The summed E-state index contributed by atoms with van der Waals surface area (Å²) in [5, 5.41) is 6.19. The van der Waals surface area contributed by atoms with Gasteiger partial charge in [-0.05, 0) is 36.8 Å². The summed E-state index contributed by atoms with van der Waals surface area (Å²) in [6.45, 7) is 2.34. The zero-order valence-electron chi connectivity index (χ0n) is 13.2. The van der Waals surface area contributed by atoms with E-state index in [0.29, 0.717) is 12.0 Å². The molecule has 21 heavy (non-hydrogen) atoms. The van der Waals surface area contributed by atoms with Gasteiger partial charge in [0.2, 0.25) is 0 Å². The summed E-state index contributed by atoms with van der Waals surface area (Å²) in [4.78, 5) is 4.76. The number of fused-ring (bicyclic) bond motifs is 1. The van der Waals surface area contributed by atoms with Gasteiger partial charge in [0.25, 0.3) is 0 Å². The highest BCUT2D eigenvalue weighted by atomic mass is 14.9. The lowest BCUT2D eigenvalue weighted by Crippen LogP contribution is -2.33. The van der Waals surface area contributed by atoms with Gasteiger partial charge in [-0.2, -0.15) is 0 Å². The van der Waals surface area contributed by atoms with Crippen molar-refractivity contribution in [2.75, 3.05) is 7.05 Å². The maximum atomic E-state index is 4.76. The molecule has 2 aromatic rings. The maximum absolute atomic E-state index is 4.76. The van der Waals surface area contributed by atoms with Gasteiger partial charge in [0.05, 0.1) is 11.7 Å². The highest BCUT2D eigenvalue weighted by Gasteiger charge is 2.32. The third-order valence-electron chi connectivity index (χ3n) is 5.23. The van der Waals surface area contributed by atoms with Crippen LogP contribution in [-0.4, -0.2) is 12.0 Å². The summed E-state index contributed by atoms with van der Waals surface area (Å²) in [7, 11) is 2.09. The smallest absolute Gasteiger partial charge is 0.0654 e. The van der Waals surface area contributed by atoms with E-state index >= 15 is 0 Å². The summed E-state index contributed by atoms with van der Waals surface area (Å²) in [5.74, 6) is 1.55. The molecule has 1 aromatic carbocycles. The zero-order valence-corrected chi connectivity index (χ0v) is 13.2. The van der Waals surface area contributed by atoms with Crippen molar-refractivity contribution in [1.82, 2.24) is 10.3 Å². The molecule has 3 rings (SSSR count). The van der Waals surface area contributed by atoms with Crippen LogP contribution >= 0.6 is 0 Å². The van der Waals surface area contributed by atoms with E-state index in [9.17, 15) is 0 Å². The number of benzene rings is 1. The van der Waals surface area contributed by atoms with Gasteiger partial charge in [-0.1, -0.05) is 56.9 Å². The van der Waals surface area contributed by atoms with Gasteiger partial charge in [-0.25, -0.2) is 0 Å². The van der Waals surface area contributed by atoms with Crippen LogP contribution in [0.25, 0.3) is 10.8 Å². The third kappa shape index (κ3) is 2.82. The molecule has 0 aliphatic heterocycles. The summed E-state index contributed by atoms with van der Waals surface area (Å²) >= 11 is 0. The molecule has 0 spiro atoms. The Morgan fingerprint density at radius 2 is 2.00 bits per heavy atom. The van der Waals surface area contributed by atoms with E-state index in [1.54, 1.807) is 0 Å². The standard InChI is InChI=1S/C19H26N2/c1-3-14-8-4-6-10-16(14)18(20-2)19-17-11-7-5-9-15(17)12-13-21-19/h5,7,9,11-14,16,18,20H,3-4,6,8,10H2,1-2H3. The lowest BCUT2D eigenvalue weighted by Gasteiger charge is -2.37. The molecule has 1 heterocycles. The number of rotatable bonds is 4. The fraction of sp³-hybridized carbons (Fsp3) is 0.526. The van der Waals surface area contributed by atoms with Crippen molar-refractivity contribution >= 4 is 10.8 Å². The van der Waals surface area contributed by atoms with Crippen molar-refractivity contribution in [3.63, 3.8) is 0 Å². The average Bonchev–Trinajstić information content (AvgIpc) is 2.56. The number of aromatic nitrogens is 1. The number of hydrogen-bond acceptors (Lipinski definition) is 2. The van der Waals surface area contributed by atoms with Gasteiger partial charge in [-0.15, -0.1) is 0 Å². The summed E-state index contributed by atoms with van der Waals surface area (Å²) in [6.07, 6.45) is 8.72. The normalized spacial score (nSPS) is 24.1. The van der Waals surface area contributed by atoms with Crippen molar-refractivity contribution in [3.05, 3.63) is 42.2 Å². The number of nitrogens with one attached hydrogen (secondary N) is 1. The van der Waals surface area contributed by atoms with E-state index in [4.69, 9.17) is 4.98 Å². The summed E-state index contributed by atoms with van der Waals surface area (Å²) in [6, 6.07) is 11.1. The van der Waals surface area contributed by atoms with Crippen molar-refractivity contribution in [2.45, 2.75) is 45.1 Å². The molecule has 2 heteroatoms. The largest absolute Gasteiger partial charge is 0.311 e. The van der Waals surface area contributed by atoms with E-state index in [-0.39, 0.29) is 0 Å². The van der Waals surface area contributed by atoms with Crippen LogP contribution in [0.3, 0.4) is 0 Å². The molecule has 1 fully saturated rings. The minimum absolute atomic E-state index is 0.376. The van der Waals surface area contributed by atoms with E-state index in [1.807, 2.05) is 6.20 Å². The molecule has 3 unspecified atom stereocenters. The van der Waals surface area contributed by atoms with Crippen LogP contribution in [0.5, 0.6) is 0 Å². The predicted octanol–water partition coefficient (Wildman–Crippen LogP) is 4.71. The Hall–Kier alpha value is -1.41. The van der Waals surface area contributed by atoms with Crippen molar-refractivity contribution in [1.29, 1.82) is 0 Å². The fourth-order valence-corrected chi connectivity index (χ4v) is 4.13. The second-order valence-corrected chi connectivity index (χ2v) is 6.30. The quantitative estimate of drug-likeness (QED) is 0.878. The highest BCUT2D eigenvalue weighted by Crippen LogP contribution is 2.41. The molecule has 0 saturated heterocycles. The second-order valence-electron chi connectivity index (χ2n) is 6.30. The molecule has 1 N–H and O–H groups in total. The van der Waals surface area contributed by atoms with Gasteiger partial charge in [-0.3, -0.25) is 4.98 Å². The molecular formula is C19H26N2. The Bertz CT molecular complexity index is 588. The van der Waals surface area contributed by atoms with Crippen LogP contribution in [-0.2, 0) is 0 Å². The maximum Gasteiger partial charge on any atom is 0.0654 e. The minimum atomic E-state index is 0.376. The third-order valence-corrected chi connectivity index (χ3v) is 5.23. The van der Waals surface area contributed by atoms with Crippen molar-refractivity contribution < 1.29 is 0 Å². The Morgan fingerprint density at radius 1 is 1.19 bits per heavy atom. The number of nitrogens with zero attached hydrogens (tertiary/aromatic N) is 1. The monoisotopic (exact) mass is 282 g/mol. The first-order chi connectivity index (χ1) is 10.3. The molecule has 3 atom stereocenters. The van der Waals surface area contributed by atoms with Crippen molar-refractivity contribution in [2.24, 2.45) is 11.8 Å². The topological polar surface area (TPSA) is 24.9 Å². The van der Waals surface area contributed by atoms with Crippen LogP contribution in [0, 0.1) is 11.8 Å². The molecule has 2 nitrogen and oxygen atoms in total. The van der Waals surface area contributed by atoms with E-state index in [0.717, 1.165) is 5.92 Å². The SMILES string of the molecule is CCC1CCCCC1C(NC)c1nccc2ccccc12. The van der Waals surface area contributed by atoms with Gasteiger partial charge in [0.15, 0.2) is 0 Å². The molecule has 0 amide bonds. The lowest BCUT2D eigenvalue weighted by molar-refractivity contribution is 0.179. The molecule has 1 aliphatic rings. The molecule has 112 valence electrons. The Balaban J connectivity index is 2.01. The van der Waals surface area contributed by atoms with Gasteiger partial charge in [0.1, 0.15) is 0 Å². The minimum Gasteiger partial charge on any atom is -0.311 e. The first-order valence-electron chi connectivity index (χ1n) is 8.36. The van der Waals surface area contributed by atoms with Crippen LogP contribution < -0.4 is 5.32 Å². The van der Waals surface area contributed by atoms with E-state index < -0.39 is 0 Å². The van der Waals surface area contributed by atoms with Crippen LogP contribution in [0.15, 0.2) is 36.5 Å². The van der Waals surface area contributed by atoms with Gasteiger partial charge < -0.3 is 5.32 Å². The number of hydrogen-bond donors (Lipinski definition) is 1. The zero-order chi connectivity index (χ0) is 14.7. The van der Waals surface area contributed by atoms with Crippen LogP contribution in [0.2, 0.25) is 0 Å². The van der Waals surface area contributed by atoms with E-state index in [1.165, 1.54) is 48.6 Å². The average molecular weight is 282 g/mol. The first-order valence-corrected chi connectivity index (χ1v) is 8.36. The fourth-order valence-electron chi connectivity index (χ4n) is 4.13. The molecule has 0 radical (unpaired) electrons. The Morgan fingerprint density at radius 3 is 2.81 bits per heavy atom. The predicted molar refractivity (Wildman–Crippen MR) is 89.3 cm³/mol. The first kappa shape index (κ1) is 14.5. The van der Waals surface area contributed by atoms with E-state index in [2.05, 4.69) is 49.6 Å². The number of pyridine rings is 1. The second kappa shape index (κ2) is 6.57. The highest BCUT2D eigenvalue weighted by molar-refractivity contribution is 5.84. The molecule has 1 aliphatic carbocycles. The molecular weight excluding hydrogens is 256 g/mol. The van der Waals surface area contributed by atoms with Crippen molar-refractivity contribution in [3.8, 4) is 0 Å². The Kier molecular flexibility index (Phi) is 4.54. The van der Waals surface area contributed by atoms with Crippen LogP contribution in [0.1, 0.15) is 50.8 Å². The van der Waals surface area contributed by atoms with Gasteiger partial charge >= 0.3 is 0 Å². The van der Waals surface area contributed by atoms with Gasteiger partial charge in [0, 0.05) is 11.6 Å². The van der Waals surface area contributed by atoms with Crippen LogP contribution in [0.4, 0.5) is 0 Å². The molecule has 1 aromatic heterocycles. The summed E-state index contributed by atoms with van der Waals surface area (Å²) < 4.78 is 0. The lowest BCUT2D eigenvalue weighted by atomic mass is 9.73. The molecule has 1 saturated carbocycles.